The summed E-state index contributed by atoms with van der Waals surface area (Å²) in [6, 6.07) is 8.21. The molecule has 0 spiro atoms. The number of pyridine rings is 1. The number of nitrogens with zero attached hydrogens (tertiary/aromatic N) is 1. The lowest BCUT2D eigenvalue weighted by Crippen LogP contribution is -2.06. The summed E-state index contributed by atoms with van der Waals surface area (Å²) in [5, 5.41) is 6.65. The Morgan fingerprint density at radius 3 is 2.94 bits per heavy atom. The number of hydrogen-bond donors (Lipinski definition) is 1. The molecular formula is C14H14N2OS. The maximum Gasteiger partial charge on any atom is 0.135 e. The summed E-state index contributed by atoms with van der Waals surface area (Å²) in [6.07, 6.45) is 1.83. The molecule has 3 aromatic rings. The highest BCUT2D eigenvalue weighted by molar-refractivity contribution is 7.17. The van der Waals surface area contributed by atoms with E-state index in [1.165, 1.54) is 4.70 Å². The third-order valence-corrected chi connectivity index (χ3v) is 3.80. The smallest absolute Gasteiger partial charge is 0.135 e. The first-order chi connectivity index (χ1) is 8.74. The molecule has 1 unspecified atom stereocenters. The Morgan fingerprint density at radius 2 is 2.17 bits per heavy atom. The predicted octanol–water partition coefficient (Wildman–Crippen LogP) is 4.37. The Labute approximate surface area is 109 Å². The summed E-state index contributed by atoms with van der Waals surface area (Å²) in [4.78, 5) is 4.41. The minimum absolute atomic E-state index is 0.108. The van der Waals surface area contributed by atoms with Gasteiger partial charge in [-0.1, -0.05) is 0 Å². The summed E-state index contributed by atoms with van der Waals surface area (Å²) in [6.45, 7) is 4.03. The second-order valence-electron chi connectivity index (χ2n) is 4.31. The molecule has 4 heteroatoms. The van der Waals surface area contributed by atoms with Crippen LogP contribution in [-0.4, -0.2) is 4.98 Å². The second kappa shape index (κ2) is 4.46. The number of aromatic nitrogens is 1. The SMILES string of the molecule is Cc1ccc(C(C)Nc2nccc3sccc23)o1. The first-order valence-electron chi connectivity index (χ1n) is 5.89. The molecule has 1 N–H and O–H groups in total. The van der Waals surface area contributed by atoms with Crippen molar-refractivity contribution in [3.63, 3.8) is 0 Å². The van der Waals surface area contributed by atoms with E-state index in [1.807, 2.05) is 31.3 Å². The minimum atomic E-state index is 0.108. The van der Waals surface area contributed by atoms with E-state index in [9.17, 15) is 0 Å². The fourth-order valence-electron chi connectivity index (χ4n) is 1.97. The second-order valence-corrected chi connectivity index (χ2v) is 5.25. The van der Waals surface area contributed by atoms with Crippen molar-refractivity contribution in [2.24, 2.45) is 0 Å². The van der Waals surface area contributed by atoms with Gasteiger partial charge in [-0.15, -0.1) is 11.3 Å². The van der Waals surface area contributed by atoms with Gasteiger partial charge in [0.15, 0.2) is 0 Å². The van der Waals surface area contributed by atoms with Crippen molar-refractivity contribution < 1.29 is 4.42 Å². The van der Waals surface area contributed by atoms with Crippen molar-refractivity contribution in [1.29, 1.82) is 0 Å². The van der Waals surface area contributed by atoms with Crippen molar-refractivity contribution in [1.82, 2.24) is 4.98 Å². The van der Waals surface area contributed by atoms with Crippen LogP contribution in [0.5, 0.6) is 0 Å². The van der Waals surface area contributed by atoms with E-state index in [0.717, 1.165) is 22.7 Å². The van der Waals surface area contributed by atoms with Gasteiger partial charge in [-0.2, -0.15) is 0 Å². The molecule has 18 heavy (non-hydrogen) atoms. The summed E-state index contributed by atoms with van der Waals surface area (Å²) < 4.78 is 6.87. The summed E-state index contributed by atoms with van der Waals surface area (Å²) in [7, 11) is 0. The van der Waals surface area contributed by atoms with E-state index < -0.39 is 0 Å². The number of hydrogen-bond acceptors (Lipinski definition) is 4. The molecule has 0 aliphatic rings. The first kappa shape index (κ1) is 11.3. The number of nitrogens with one attached hydrogen (secondary N) is 1. The average Bonchev–Trinajstić information content (AvgIpc) is 2.97. The van der Waals surface area contributed by atoms with Crippen LogP contribution in [0.3, 0.4) is 0 Å². The zero-order valence-electron chi connectivity index (χ0n) is 10.3. The highest BCUT2D eigenvalue weighted by atomic mass is 32.1. The summed E-state index contributed by atoms with van der Waals surface area (Å²) in [5.41, 5.74) is 0. The normalized spacial score (nSPS) is 12.8. The van der Waals surface area contributed by atoms with Gasteiger partial charge < -0.3 is 9.73 Å². The van der Waals surface area contributed by atoms with Gasteiger partial charge in [0.25, 0.3) is 0 Å². The molecule has 3 heterocycles. The Bertz CT molecular complexity index is 671. The van der Waals surface area contributed by atoms with Crippen molar-refractivity contribution in [3.05, 3.63) is 47.4 Å². The van der Waals surface area contributed by atoms with E-state index in [2.05, 4.69) is 28.7 Å². The molecule has 3 nitrogen and oxygen atoms in total. The Hall–Kier alpha value is -1.81. The Balaban J connectivity index is 1.90. The molecule has 0 amide bonds. The molecule has 0 aliphatic heterocycles. The maximum absolute atomic E-state index is 5.62. The molecular weight excluding hydrogens is 244 g/mol. The molecule has 0 fully saturated rings. The molecule has 0 aromatic carbocycles. The van der Waals surface area contributed by atoms with Gasteiger partial charge in [0.2, 0.25) is 0 Å². The molecule has 0 bridgehead atoms. The molecule has 1 atom stereocenters. The Kier molecular flexibility index (Phi) is 2.80. The van der Waals surface area contributed by atoms with Gasteiger partial charge in [0.05, 0.1) is 6.04 Å². The van der Waals surface area contributed by atoms with Crippen LogP contribution < -0.4 is 5.32 Å². The molecule has 0 aliphatic carbocycles. The predicted molar refractivity (Wildman–Crippen MR) is 75.1 cm³/mol. The maximum atomic E-state index is 5.62. The van der Waals surface area contributed by atoms with Crippen molar-refractivity contribution in [3.8, 4) is 0 Å². The van der Waals surface area contributed by atoms with Crippen LogP contribution in [0.15, 0.2) is 40.3 Å². The van der Waals surface area contributed by atoms with Crippen molar-refractivity contribution in [2.45, 2.75) is 19.9 Å². The molecule has 92 valence electrons. The summed E-state index contributed by atoms with van der Waals surface area (Å²) >= 11 is 1.73. The lowest BCUT2D eigenvalue weighted by atomic mass is 10.2. The van der Waals surface area contributed by atoms with Crippen molar-refractivity contribution >= 4 is 27.2 Å². The van der Waals surface area contributed by atoms with Gasteiger partial charge in [-0.3, -0.25) is 0 Å². The third kappa shape index (κ3) is 1.99. The number of aryl methyl sites for hydroxylation is 1. The van der Waals surface area contributed by atoms with E-state index in [4.69, 9.17) is 4.42 Å². The van der Waals surface area contributed by atoms with Crippen LogP contribution >= 0.6 is 11.3 Å². The molecule has 3 rings (SSSR count). The van der Waals surface area contributed by atoms with Crippen LogP contribution in [-0.2, 0) is 0 Å². The van der Waals surface area contributed by atoms with E-state index in [1.54, 1.807) is 11.3 Å². The monoisotopic (exact) mass is 258 g/mol. The molecule has 0 saturated carbocycles. The first-order valence-corrected chi connectivity index (χ1v) is 6.77. The van der Waals surface area contributed by atoms with Gasteiger partial charge >= 0.3 is 0 Å². The van der Waals surface area contributed by atoms with Gasteiger partial charge in [-0.05, 0) is 43.5 Å². The number of furan rings is 1. The van der Waals surface area contributed by atoms with Crippen LogP contribution in [0.25, 0.3) is 10.1 Å². The molecule has 0 radical (unpaired) electrons. The van der Waals surface area contributed by atoms with Crippen molar-refractivity contribution in [2.75, 3.05) is 5.32 Å². The number of thiophene rings is 1. The fraction of sp³-hybridized carbons (Fsp3) is 0.214. The number of anilines is 1. The zero-order chi connectivity index (χ0) is 12.5. The topological polar surface area (TPSA) is 38.1 Å². The van der Waals surface area contributed by atoms with Gasteiger partial charge in [-0.25, -0.2) is 4.98 Å². The average molecular weight is 258 g/mol. The van der Waals surface area contributed by atoms with Crippen LogP contribution in [0.1, 0.15) is 24.5 Å². The Morgan fingerprint density at radius 1 is 1.28 bits per heavy atom. The molecule has 0 saturated heterocycles. The van der Waals surface area contributed by atoms with Crippen LogP contribution in [0, 0.1) is 6.92 Å². The summed E-state index contributed by atoms with van der Waals surface area (Å²) in [5.74, 6) is 2.78. The number of fused-ring (bicyclic) bond motifs is 1. The highest BCUT2D eigenvalue weighted by Gasteiger charge is 2.11. The third-order valence-electron chi connectivity index (χ3n) is 2.92. The van der Waals surface area contributed by atoms with Gasteiger partial charge in [0.1, 0.15) is 17.3 Å². The number of rotatable bonds is 3. The quantitative estimate of drug-likeness (QED) is 0.758. The van der Waals surface area contributed by atoms with E-state index >= 15 is 0 Å². The van der Waals surface area contributed by atoms with Gasteiger partial charge in [0, 0.05) is 16.3 Å². The zero-order valence-corrected chi connectivity index (χ0v) is 11.1. The largest absolute Gasteiger partial charge is 0.464 e. The van der Waals surface area contributed by atoms with Crippen LogP contribution in [0.2, 0.25) is 0 Å². The lowest BCUT2D eigenvalue weighted by molar-refractivity contribution is 0.466. The van der Waals surface area contributed by atoms with E-state index in [-0.39, 0.29) is 6.04 Å². The lowest BCUT2D eigenvalue weighted by Gasteiger charge is -2.12. The van der Waals surface area contributed by atoms with E-state index in [0.29, 0.717) is 0 Å². The standard InChI is InChI=1S/C14H14N2OS/c1-9-3-4-12(17-9)10(2)16-14-11-6-8-18-13(11)5-7-15-14/h3-8,10H,1-2H3,(H,15,16). The van der Waals surface area contributed by atoms with Crippen LogP contribution in [0.4, 0.5) is 5.82 Å². The minimum Gasteiger partial charge on any atom is -0.464 e. The highest BCUT2D eigenvalue weighted by Crippen LogP contribution is 2.28. The molecule has 3 aromatic heterocycles. The fourth-order valence-corrected chi connectivity index (χ4v) is 2.75.